The molecule has 7 heteroatoms. The summed E-state index contributed by atoms with van der Waals surface area (Å²) in [5, 5.41) is 0. The van der Waals surface area contributed by atoms with Gasteiger partial charge in [-0.05, 0) is 25.0 Å². The Hall–Kier alpha value is -0.700. The molecule has 82 valence electrons. The summed E-state index contributed by atoms with van der Waals surface area (Å²) in [4.78, 5) is 15.3. The van der Waals surface area contributed by atoms with Crippen LogP contribution in [0.1, 0.15) is 11.1 Å². The summed E-state index contributed by atoms with van der Waals surface area (Å²) in [6.07, 6.45) is 0. The van der Waals surface area contributed by atoms with Crippen LogP contribution in [-0.2, 0) is 13.4 Å². The molecule has 0 aliphatic rings. The number of hydrogen-bond donors (Lipinski definition) is 2. The zero-order valence-corrected chi connectivity index (χ0v) is 10.1. The van der Waals surface area contributed by atoms with Gasteiger partial charge in [-0.1, -0.05) is 24.3 Å². The molecule has 0 heterocycles. The summed E-state index contributed by atoms with van der Waals surface area (Å²) in [6.45, 7) is 4.24. The Morgan fingerprint density at radius 3 is 1.47 bits per heavy atom. The van der Waals surface area contributed by atoms with Crippen LogP contribution in [0.5, 0.6) is 0 Å². The molecule has 5 nitrogen and oxygen atoms in total. The Kier molecular flexibility index (Phi) is 7.22. The van der Waals surface area contributed by atoms with E-state index in [1.807, 2.05) is 0 Å². The maximum Gasteiger partial charge on any atom is 0.745 e. The van der Waals surface area contributed by atoms with Gasteiger partial charge in [-0.25, -0.2) is 0 Å². The fourth-order valence-electron chi connectivity index (χ4n) is 0.722. The third-order valence-electron chi connectivity index (χ3n) is 1.57. The molecule has 2 unspecified atom stereocenters. The normalized spacial score (nSPS) is 11.2. The van der Waals surface area contributed by atoms with E-state index in [2.05, 4.69) is 42.4 Å². The third kappa shape index (κ3) is 8.30. The van der Waals surface area contributed by atoms with E-state index in [1.165, 1.54) is 11.1 Å². The zero-order valence-electron chi connectivity index (χ0n) is 8.32. The summed E-state index contributed by atoms with van der Waals surface area (Å²) < 4.78 is 22.2. The molecule has 0 fully saturated rings. The Balaban J connectivity index is 0.000000265. The van der Waals surface area contributed by atoms with Gasteiger partial charge in [0.15, 0.2) is 4.31 Å². The minimum Gasteiger partial charge on any atom is -0.131 e. The summed E-state index contributed by atoms with van der Waals surface area (Å²) in [7, 11) is -5.85. The van der Waals surface area contributed by atoms with Crippen LogP contribution in [0.15, 0.2) is 24.3 Å². The Bertz CT molecular complexity index is 320. The summed E-state index contributed by atoms with van der Waals surface area (Å²) in [6, 6.07) is 8.36. The van der Waals surface area contributed by atoms with Gasteiger partial charge in [-0.15, -0.1) is 9.79 Å². The van der Waals surface area contributed by atoms with Crippen LogP contribution in [-0.4, -0.2) is 9.79 Å². The molecule has 0 aliphatic heterocycles. The molecule has 0 aliphatic carbocycles. The van der Waals surface area contributed by atoms with Crippen molar-refractivity contribution in [3.05, 3.63) is 35.4 Å². The van der Waals surface area contributed by atoms with E-state index in [1.54, 1.807) is 0 Å². The van der Waals surface area contributed by atoms with Crippen molar-refractivity contribution < 1.29 is 23.2 Å². The van der Waals surface area contributed by atoms with Crippen molar-refractivity contribution in [2.75, 3.05) is 0 Å². The molecule has 0 saturated carbocycles. The van der Waals surface area contributed by atoms with E-state index in [9.17, 15) is 9.13 Å². The van der Waals surface area contributed by atoms with Crippen molar-refractivity contribution >= 4 is 16.5 Å². The largest absolute Gasteiger partial charge is 0.745 e. The predicted octanol–water partition coefficient (Wildman–Crippen LogP) is 2.61. The molecular weight excluding hydrogens is 238 g/mol. The number of aryl methyl sites for hydroxylation is 2. The van der Waals surface area contributed by atoms with Crippen LogP contribution in [0, 0.1) is 13.8 Å². The minimum absolute atomic E-state index is 1.37. The fraction of sp³-hybridized carbons (Fsp3) is 0.250. The first-order valence-corrected chi connectivity index (χ1v) is 6.22. The summed E-state index contributed by atoms with van der Waals surface area (Å²) >= 11 is 0. The van der Waals surface area contributed by atoms with E-state index < -0.39 is 16.5 Å². The molecule has 0 spiro atoms. The van der Waals surface area contributed by atoms with Crippen LogP contribution in [0.4, 0.5) is 0 Å². The first-order valence-electron chi connectivity index (χ1n) is 3.96. The Morgan fingerprint density at radius 1 is 1.00 bits per heavy atom. The average molecular weight is 250 g/mol. The molecule has 0 saturated heterocycles. The first kappa shape index (κ1) is 14.3. The summed E-state index contributed by atoms with van der Waals surface area (Å²) in [5.41, 5.74) is 2.74. The maximum atomic E-state index is 9.39. The van der Waals surface area contributed by atoms with Crippen LogP contribution in [0.25, 0.3) is 0 Å². The lowest BCUT2D eigenvalue weighted by molar-refractivity contribution is 0.371. The molecule has 1 aromatic rings. The highest BCUT2D eigenvalue weighted by atomic mass is 31.2. The van der Waals surface area contributed by atoms with Crippen molar-refractivity contribution in [3.63, 3.8) is 0 Å². The maximum absolute atomic E-state index is 9.39. The average Bonchev–Trinajstić information content (AvgIpc) is 2.08. The van der Waals surface area contributed by atoms with Gasteiger partial charge in [0, 0.05) is 9.13 Å². The molecular formula is C8H12O5P2+2. The molecule has 15 heavy (non-hydrogen) atoms. The third-order valence-corrected chi connectivity index (χ3v) is 2.68. The van der Waals surface area contributed by atoms with Crippen molar-refractivity contribution in [2.45, 2.75) is 13.8 Å². The monoisotopic (exact) mass is 250 g/mol. The topological polar surface area (TPSA) is 83.8 Å². The van der Waals surface area contributed by atoms with E-state index in [0.717, 1.165) is 0 Å². The van der Waals surface area contributed by atoms with Crippen LogP contribution in [0.2, 0.25) is 0 Å². The molecule has 0 aromatic heterocycles. The van der Waals surface area contributed by atoms with Crippen molar-refractivity contribution in [1.82, 2.24) is 0 Å². The minimum atomic E-state index is -2.92. The smallest absolute Gasteiger partial charge is 0.131 e. The van der Waals surface area contributed by atoms with Crippen molar-refractivity contribution in [1.29, 1.82) is 0 Å². The lowest BCUT2D eigenvalue weighted by atomic mass is 10.1. The Morgan fingerprint density at radius 2 is 1.33 bits per heavy atom. The highest BCUT2D eigenvalue weighted by molar-refractivity contribution is 7.46. The van der Waals surface area contributed by atoms with Gasteiger partial charge >= 0.3 is 16.5 Å². The SMILES string of the molecule is Cc1ccccc1C.O=[P+](O)O[P+](=O)O. The predicted molar refractivity (Wildman–Crippen MR) is 56.7 cm³/mol. The van der Waals surface area contributed by atoms with E-state index in [0.29, 0.717) is 0 Å². The second kappa shape index (κ2) is 7.57. The number of benzene rings is 1. The van der Waals surface area contributed by atoms with Gasteiger partial charge < -0.3 is 0 Å². The van der Waals surface area contributed by atoms with Crippen LogP contribution < -0.4 is 0 Å². The molecule has 1 rings (SSSR count). The van der Waals surface area contributed by atoms with E-state index in [4.69, 9.17) is 9.79 Å². The van der Waals surface area contributed by atoms with E-state index >= 15 is 0 Å². The van der Waals surface area contributed by atoms with E-state index in [-0.39, 0.29) is 0 Å². The molecule has 0 radical (unpaired) electrons. The summed E-state index contributed by atoms with van der Waals surface area (Å²) in [5.74, 6) is 0. The molecule has 1 aromatic carbocycles. The molecule has 2 atom stereocenters. The lowest BCUT2D eigenvalue weighted by Gasteiger charge is -1.93. The second-order valence-corrected chi connectivity index (χ2v) is 4.25. The Labute approximate surface area is 89.6 Å². The molecule has 0 bridgehead atoms. The molecule has 0 amide bonds. The molecule has 2 N–H and O–H groups in total. The van der Waals surface area contributed by atoms with Crippen LogP contribution in [0.3, 0.4) is 0 Å². The quantitative estimate of drug-likeness (QED) is 0.788. The first-order chi connectivity index (χ1) is 6.93. The lowest BCUT2D eigenvalue weighted by Crippen LogP contribution is -1.74. The van der Waals surface area contributed by atoms with Gasteiger partial charge in [0.2, 0.25) is 0 Å². The van der Waals surface area contributed by atoms with Gasteiger partial charge in [-0.2, -0.15) is 0 Å². The number of hydrogen-bond acceptors (Lipinski definition) is 3. The second-order valence-electron chi connectivity index (χ2n) is 2.64. The van der Waals surface area contributed by atoms with Gasteiger partial charge in [0.1, 0.15) is 0 Å². The van der Waals surface area contributed by atoms with Crippen molar-refractivity contribution in [3.8, 4) is 0 Å². The van der Waals surface area contributed by atoms with Crippen LogP contribution >= 0.6 is 16.5 Å². The fourth-order valence-corrected chi connectivity index (χ4v) is 1.20. The highest BCUT2D eigenvalue weighted by Gasteiger charge is 2.31. The zero-order chi connectivity index (χ0) is 11.8. The standard InChI is InChI=1S/C8H10.O5P2/c1-7-5-3-4-6-8(7)2;1-6(2)5-7(3)4/h3-6H,1-2H3;/p+2. The van der Waals surface area contributed by atoms with Crippen molar-refractivity contribution in [2.24, 2.45) is 0 Å². The number of rotatable bonds is 2. The highest BCUT2D eigenvalue weighted by Crippen LogP contribution is 2.30. The van der Waals surface area contributed by atoms with Gasteiger partial charge in [0.25, 0.3) is 0 Å². The van der Waals surface area contributed by atoms with Gasteiger partial charge in [-0.3, -0.25) is 0 Å². The van der Waals surface area contributed by atoms with Gasteiger partial charge in [0.05, 0.1) is 0 Å².